The van der Waals surface area contributed by atoms with Crippen LogP contribution in [-0.4, -0.2) is 49.4 Å². The van der Waals surface area contributed by atoms with Gasteiger partial charge in [0.2, 0.25) is 0 Å². The third-order valence-corrected chi connectivity index (χ3v) is 3.66. The number of pyridine rings is 1. The number of nitrogens with zero attached hydrogens (tertiary/aromatic N) is 3. The van der Waals surface area contributed by atoms with Crippen molar-refractivity contribution in [3.05, 3.63) is 35.9 Å². The fourth-order valence-electron chi connectivity index (χ4n) is 2.42. The maximum Gasteiger partial charge on any atom is 0.150 e. The Labute approximate surface area is 112 Å². The lowest BCUT2D eigenvalue weighted by atomic mass is 10.1. The first-order valence-electron chi connectivity index (χ1n) is 6.56. The summed E-state index contributed by atoms with van der Waals surface area (Å²) in [5.41, 5.74) is 1.64. The van der Waals surface area contributed by atoms with Crippen LogP contribution in [-0.2, 0) is 0 Å². The SMILES string of the molecule is CN1CCN(c2ccc3cc(C=O)ccc3n2)CC1. The van der Waals surface area contributed by atoms with E-state index in [1.165, 1.54) is 0 Å². The molecule has 1 aromatic carbocycles. The summed E-state index contributed by atoms with van der Waals surface area (Å²) in [6.07, 6.45) is 0.869. The zero-order valence-electron chi connectivity index (χ0n) is 11.0. The molecule has 1 aliphatic rings. The van der Waals surface area contributed by atoms with Crippen LogP contribution in [0.2, 0.25) is 0 Å². The Kier molecular flexibility index (Phi) is 3.17. The maximum absolute atomic E-state index is 10.8. The fraction of sp³-hybridized carbons (Fsp3) is 0.333. The van der Waals surface area contributed by atoms with Gasteiger partial charge in [0.05, 0.1) is 5.52 Å². The second kappa shape index (κ2) is 4.97. The summed E-state index contributed by atoms with van der Waals surface area (Å²) in [4.78, 5) is 20.1. The zero-order chi connectivity index (χ0) is 13.2. The molecule has 1 aliphatic heterocycles. The number of carbonyl (C=O) groups is 1. The molecule has 0 aliphatic carbocycles. The van der Waals surface area contributed by atoms with Gasteiger partial charge in [0.15, 0.2) is 0 Å². The number of aromatic nitrogens is 1. The Morgan fingerprint density at radius 3 is 2.63 bits per heavy atom. The molecule has 2 aromatic rings. The molecule has 0 spiro atoms. The molecule has 4 nitrogen and oxygen atoms in total. The quantitative estimate of drug-likeness (QED) is 0.767. The van der Waals surface area contributed by atoms with E-state index in [4.69, 9.17) is 4.98 Å². The van der Waals surface area contributed by atoms with Crippen LogP contribution in [0.5, 0.6) is 0 Å². The lowest BCUT2D eigenvalue weighted by Crippen LogP contribution is -2.44. The van der Waals surface area contributed by atoms with Crippen LogP contribution >= 0.6 is 0 Å². The third kappa shape index (κ3) is 2.44. The summed E-state index contributed by atoms with van der Waals surface area (Å²) < 4.78 is 0. The largest absolute Gasteiger partial charge is 0.354 e. The number of aldehydes is 1. The summed E-state index contributed by atoms with van der Waals surface area (Å²) in [5, 5.41) is 1.02. The monoisotopic (exact) mass is 255 g/mol. The smallest absolute Gasteiger partial charge is 0.150 e. The molecule has 0 bridgehead atoms. The lowest BCUT2D eigenvalue weighted by Gasteiger charge is -2.33. The summed E-state index contributed by atoms with van der Waals surface area (Å²) in [5.74, 6) is 1.03. The van der Waals surface area contributed by atoms with Crippen molar-refractivity contribution in [3.8, 4) is 0 Å². The van der Waals surface area contributed by atoms with Crippen molar-refractivity contribution in [2.45, 2.75) is 0 Å². The molecule has 98 valence electrons. The van der Waals surface area contributed by atoms with Gasteiger partial charge in [-0.3, -0.25) is 4.79 Å². The van der Waals surface area contributed by atoms with Gasteiger partial charge in [-0.2, -0.15) is 0 Å². The Morgan fingerprint density at radius 2 is 1.89 bits per heavy atom. The molecule has 0 amide bonds. The number of rotatable bonds is 2. The first-order valence-corrected chi connectivity index (χ1v) is 6.56. The molecule has 0 saturated carbocycles. The predicted molar refractivity (Wildman–Crippen MR) is 76.8 cm³/mol. The van der Waals surface area contributed by atoms with Gasteiger partial charge in [0, 0.05) is 37.1 Å². The van der Waals surface area contributed by atoms with Gasteiger partial charge < -0.3 is 9.80 Å². The molecule has 0 radical (unpaired) electrons. The number of fused-ring (bicyclic) bond motifs is 1. The highest BCUT2D eigenvalue weighted by molar-refractivity contribution is 5.87. The van der Waals surface area contributed by atoms with Crippen molar-refractivity contribution >= 4 is 23.0 Å². The molecule has 0 N–H and O–H groups in total. The van der Waals surface area contributed by atoms with Crippen molar-refractivity contribution in [2.24, 2.45) is 0 Å². The number of hydrogen-bond donors (Lipinski definition) is 0. The van der Waals surface area contributed by atoms with Crippen LogP contribution in [0.25, 0.3) is 10.9 Å². The number of anilines is 1. The minimum Gasteiger partial charge on any atom is -0.354 e. The summed E-state index contributed by atoms with van der Waals surface area (Å²) in [7, 11) is 2.14. The van der Waals surface area contributed by atoms with Crippen molar-refractivity contribution in [2.75, 3.05) is 38.1 Å². The highest BCUT2D eigenvalue weighted by Crippen LogP contribution is 2.19. The molecule has 4 heteroatoms. The highest BCUT2D eigenvalue weighted by atomic mass is 16.1. The molecule has 2 heterocycles. The highest BCUT2D eigenvalue weighted by Gasteiger charge is 2.15. The van der Waals surface area contributed by atoms with E-state index < -0.39 is 0 Å². The normalized spacial score (nSPS) is 16.8. The zero-order valence-corrected chi connectivity index (χ0v) is 11.0. The standard InChI is InChI=1S/C15H17N3O/c1-17-6-8-18(9-7-17)15-5-3-13-10-12(11-19)2-4-14(13)16-15/h2-5,10-11H,6-9H2,1H3. The average molecular weight is 255 g/mol. The van der Waals surface area contributed by atoms with Crippen LogP contribution < -0.4 is 4.90 Å². The second-order valence-electron chi connectivity index (χ2n) is 5.03. The van der Waals surface area contributed by atoms with Crippen molar-refractivity contribution < 1.29 is 4.79 Å². The van der Waals surface area contributed by atoms with Crippen LogP contribution in [0, 0.1) is 0 Å². The molecule has 0 unspecified atom stereocenters. The van der Waals surface area contributed by atoms with Crippen LogP contribution in [0.3, 0.4) is 0 Å². The predicted octanol–water partition coefficient (Wildman–Crippen LogP) is 1.80. The Balaban J connectivity index is 1.91. The van der Waals surface area contributed by atoms with E-state index in [1.54, 1.807) is 0 Å². The van der Waals surface area contributed by atoms with Crippen molar-refractivity contribution in [3.63, 3.8) is 0 Å². The number of hydrogen-bond acceptors (Lipinski definition) is 4. The summed E-state index contributed by atoms with van der Waals surface area (Å²) >= 11 is 0. The Hall–Kier alpha value is -1.94. The molecular weight excluding hydrogens is 238 g/mol. The first-order chi connectivity index (χ1) is 9.26. The van der Waals surface area contributed by atoms with Gasteiger partial charge in [-0.25, -0.2) is 4.98 Å². The topological polar surface area (TPSA) is 36.4 Å². The summed E-state index contributed by atoms with van der Waals surface area (Å²) in [6, 6.07) is 9.70. The number of likely N-dealkylation sites (N-methyl/N-ethyl adjacent to an activating group) is 1. The van der Waals surface area contributed by atoms with Gasteiger partial charge in [0.1, 0.15) is 12.1 Å². The molecule has 1 saturated heterocycles. The van der Waals surface area contributed by atoms with Gasteiger partial charge in [-0.1, -0.05) is 0 Å². The number of carbonyl (C=O) groups excluding carboxylic acids is 1. The minimum absolute atomic E-state index is 0.696. The first kappa shape index (κ1) is 12.1. The van der Waals surface area contributed by atoms with Crippen LogP contribution in [0.15, 0.2) is 30.3 Å². The van der Waals surface area contributed by atoms with Gasteiger partial charge in [-0.05, 0) is 37.4 Å². The molecule has 0 atom stereocenters. The van der Waals surface area contributed by atoms with Crippen molar-refractivity contribution in [1.29, 1.82) is 0 Å². The second-order valence-corrected chi connectivity index (χ2v) is 5.03. The average Bonchev–Trinajstić information content (AvgIpc) is 2.47. The number of benzene rings is 1. The van der Waals surface area contributed by atoms with E-state index in [1.807, 2.05) is 30.3 Å². The van der Waals surface area contributed by atoms with E-state index >= 15 is 0 Å². The van der Waals surface area contributed by atoms with E-state index in [9.17, 15) is 4.79 Å². The third-order valence-electron chi connectivity index (χ3n) is 3.66. The molecule has 1 fully saturated rings. The number of piperazine rings is 1. The Bertz CT molecular complexity index is 603. The lowest BCUT2D eigenvalue weighted by molar-refractivity contribution is 0.112. The molecule has 3 rings (SSSR count). The molecule has 1 aromatic heterocycles. The maximum atomic E-state index is 10.8. The van der Waals surface area contributed by atoms with Gasteiger partial charge in [-0.15, -0.1) is 0 Å². The van der Waals surface area contributed by atoms with E-state index in [2.05, 4.69) is 16.8 Å². The van der Waals surface area contributed by atoms with E-state index in [0.717, 1.165) is 49.2 Å². The molecule has 19 heavy (non-hydrogen) atoms. The van der Waals surface area contributed by atoms with Crippen LogP contribution in [0.4, 0.5) is 5.82 Å². The molecular formula is C15H17N3O. The Morgan fingerprint density at radius 1 is 1.11 bits per heavy atom. The summed E-state index contributed by atoms with van der Waals surface area (Å²) in [6.45, 7) is 4.18. The van der Waals surface area contributed by atoms with Crippen molar-refractivity contribution in [1.82, 2.24) is 9.88 Å². The van der Waals surface area contributed by atoms with Gasteiger partial charge in [0.25, 0.3) is 0 Å². The van der Waals surface area contributed by atoms with E-state index in [0.29, 0.717) is 5.56 Å². The van der Waals surface area contributed by atoms with Gasteiger partial charge >= 0.3 is 0 Å². The van der Waals surface area contributed by atoms with E-state index in [-0.39, 0.29) is 0 Å². The fourth-order valence-corrected chi connectivity index (χ4v) is 2.42. The minimum atomic E-state index is 0.696. The van der Waals surface area contributed by atoms with Crippen LogP contribution in [0.1, 0.15) is 10.4 Å².